The topological polar surface area (TPSA) is 65.5 Å². The van der Waals surface area contributed by atoms with Crippen molar-refractivity contribution in [3.8, 4) is 0 Å². The van der Waals surface area contributed by atoms with E-state index in [0.29, 0.717) is 12.8 Å². The summed E-state index contributed by atoms with van der Waals surface area (Å²) in [6, 6.07) is 2.16. The van der Waals surface area contributed by atoms with Crippen LogP contribution in [0.4, 0.5) is 9.80 Å². The van der Waals surface area contributed by atoms with E-state index in [0.717, 1.165) is 17.8 Å². The number of hydrogen-bond donors (Lipinski definition) is 2. The Balaban J connectivity index is 1.70. The SMILES string of the molecule is O=C(Nc1ccns1)N1[C@@H]2CC[C@H]1CC(O)C2. The third-order valence-corrected chi connectivity index (χ3v) is 4.27. The van der Waals surface area contributed by atoms with Crippen molar-refractivity contribution in [2.75, 3.05) is 5.32 Å². The van der Waals surface area contributed by atoms with Gasteiger partial charge in [0.1, 0.15) is 5.00 Å². The van der Waals surface area contributed by atoms with Crippen molar-refractivity contribution >= 4 is 22.6 Å². The molecule has 1 aromatic heterocycles. The number of piperidine rings is 1. The molecular weight excluding hydrogens is 238 g/mol. The summed E-state index contributed by atoms with van der Waals surface area (Å²) in [5.41, 5.74) is 0. The molecule has 0 saturated carbocycles. The Morgan fingerprint density at radius 1 is 1.47 bits per heavy atom. The number of anilines is 1. The molecule has 2 aliphatic heterocycles. The summed E-state index contributed by atoms with van der Waals surface area (Å²) in [6.45, 7) is 0. The number of hydrogen-bond acceptors (Lipinski definition) is 4. The molecule has 6 heteroatoms. The Kier molecular flexibility index (Phi) is 2.76. The summed E-state index contributed by atoms with van der Waals surface area (Å²) in [5.74, 6) is 0. The van der Waals surface area contributed by atoms with Crippen molar-refractivity contribution in [2.45, 2.75) is 43.9 Å². The van der Waals surface area contributed by atoms with Crippen LogP contribution < -0.4 is 5.32 Å². The zero-order chi connectivity index (χ0) is 11.8. The van der Waals surface area contributed by atoms with Crippen molar-refractivity contribution in [2.24, 2.45) is 0 Å². The van der Waals surface area contributed by atoms with E-state index in [1.807, 2.05) is 4.90 Å². The number of aliphatic hydroxyl groups is 1. The summed E-state index contributed by atoms with van der Waals surface area (Å²) >= 11 is 1.28. The summed E-state index contributed by atoms with van der Waals surface area (Å²) in [6.07, 6.45) is 4.89. The van der Waals surface area contributed by atoms with Gasteiger partial charge in [-0.25, -0.2) is 4.79 Å². The van der Waals surface area contributed by atoms with Crippen LogP contribution in [0.5, 0.6) is 0 Å². The van der Waals surface area contributed by atoms with Crippen LogP contribution in [-0.4, -0.2) is 38.6 Å². The standard InChI is InChI=1S/C11H15N3O2S/c15-9-5-7-1-2-8(6-9)14(7)11(16)13-10-3-4-12-17-10/h3-4,7-9,15H,1-2,5-6H2,(H,13,16)/t7-,8+,9?. The largest absolute Gasteiger partial charge is 0.393 e. The number of nitrogens with one attached hydrogen (secondary N) is 1. The molecule has 3 heterocycles. The number of fused-ring (bicyclic) bond motifs is 2. The summed E-state index contributed by atoms with van der Waals surface area (Å²) < 4.78 is 3.95. The summed E-state index contributed by atoms with van der Waals surface area (Å²) in [7, 11) is 0. The molecule has 2 amide bonds. The van der Waals surface area contributed by atoms with Gasteiger partial charge in [0.25, 0.3) is 0 Å². The number of urea groups is 1. The molecule has 2 bridgehead atoms. The van der Waals surface area contributed by atoms with Gasteiger partial charge in [0, 0.05) is 18.3 Å². The molecule has 92 valence electrons. The van der Waals surface area contributed by atoms with Gasteiger partial charge in [0.15, 0.2) is 0 Å². The van der Waals surface area contributed by atoms with E-state index in [2.05, 4.69) is 9.69 Å². The maximum absolute atomic E-state index is 12.1. The van der Waals surface area contributed by atoms with E-state index < -0.39 is 0 Å². The summed E-state index contributed by atoms with van der Waals surface area (Å²) in [4.78, 5) is 14.1. The lowest BCUT2D eigenvalue weighted by molar-refractivity contribution is 0.0580. The maximum Gasteiger partial charge on any atom is 0.323 e. The fourth-order valence-electron chi connectivity index (χ4n) is 2.93. The molecule has 0 radical (unpaired) electrons. The first kappa shape index (κ1) is 11.0. The molecule has 3 rings (SSSR count). The fraction of sp³-hybridized carbons (Fsp3) is 0.636. The van der Waals surface area contributed by atoms with E-state index in [9.17, 15) is 9.90 Å². The first-order valence-electron chi connectivity index (χ1n) is 5.92. The molecule has 17 heavy (non-hydrogen) atoms. The highest BCUT2D eigenvalue weighted by atomic mass is 32.1. The van der Waals surface area contributed by atoms with E-state index in [4.69, 9.17) is 0 Å². The van der Waals surface area contributed by atoms with Crippen LogP contribution in [-0.2, 0) is 0 Å². The molecule has 3 atom stereocenters. The Morgan fingerprint density at radius 2 is 2.18 bits per heavy atom. The molecule has 2 aliphatic rings. The molecule has 0 spiro atoms. The van der Waals surface area contributed by atoms with Crippen LogP contribution in [0.15, 0.2) is 12.3 Å². The van der Waals surface area contributed by atoms with E-state index in [-0.39, 0.29) is 24.2 Å². The van der Waals surface area contributed by atoms with Gasteiger partial charge in [-0.1, -0.05) is 0 Å². The first-order chi connectivity index (χ1) is 8.24. The molecule has 0 aliphatic carbocycles. The quantitative estimate of drug-likeness (QED) is 0.800. The Labute approximate surface area is 104 Å². The van der Waals surface area contributed by atoms with Gasteiger partial charge in [-0.15, -0.1) is 0 Å². The van der Waals surface area contributed by atoms with Crippen LogP contribution in [0.2, 0.25) is 0 Å². The normalized spacial score (nSPS) is 31.6. The number of rotatable bonds is 1. The fourth-order valence-corrected chi connectivity index (χ4v) is 3.42. The highest BCUT2D eigenvalue weighted by Gasteiger charge is 2.42. The van der Waals surface area contributed by atoms with Crippen molar-refractivity contribution in [1.82, 2.24) is 9.27 Å². The van der Waals surface area contributed by atoms with Crippen molar-refractivity contribution in [3.05, 3.63) is 12.3 Å². The summed E-state index contributed by atoms with van der Waals surface area (Å²) in [5, 5.41) is 13.3. The minimum absolute atomic E-state index is 0.0475. The van der Waals surface area contributed by atoms with E-state index in [1.165, 1.54) is 11.5 Å². The number of aromatic nitrogens is 1. The van der Waals surface area contributed by atoms with Gasteiger partial charge < -0.3 is 10.0 Å². The van der Waals surface area contributed by atoms with Gasteiger partial charge in [-0.3, -0.25) is 5.32 Å². The van der Waals surface area contributed by atoms with Gasteiger partial charge in [-0.2, -0.15) is 4.37 Å². The number of carbonyl (C=O) groups is 1. The average molecular weight is 253 g/mol. The molecule has 2 saturated heterocycles. The van der Waals surface area contributed by atoms with Crippen LogP contribution in [0.1, 0.15) is 25.7 Å². The third kappa shape index (κ3) is 2.02. The highest BCUT2D eigenvalue weighted by Crippen LogP contribution is 2.36. The lowest BCUT2D eigenvalue weighted by Gasteiger charge is -2.36. The molecule has 5 nitrogen and oxygen atoms in total. The van der Waals surface area contributed by atoms with Crippen LogP contribution in [0.3, 0.4) is 0 Å². The van der Waals surface area contributed by atoms with Crippen LogP contribution >= 0.6 is 11.5 Å². The average Bonchev–Trinajstić information content (AvgIpc) is 2.86. The van der Waals surface area contributed by atoms with Gasteiger partial charge >= 0.3 is 6.03 Å². The number of carbonyl (C=O) groups excluding carboxylic acids is 1. The molecule has 2 fully saturated rings. The zero-order valence-corrected chi connectivity index (χ0v) is 10.2. The molecule has 2 N–H and O–H groups in total. The molecule has 1 aromatic rings. The van der Waals surface area contributed by atoms with Crippen molar-refractivity contribution in [3.63, 3.8) is 0 Å². The second-order valence-corrected chi connectivity index (χ2v) is 5.56. The maximum atomic E-state index is 12.1. The molecule has 0 aromatic carbocycles. The highest BCUT2D eigenvalue weighted by molar-refractivity contribution is 7.10. The lowest BCUT2D eigenvalue weighted by Crippen LogP contribution is -2.49. The number of amides is 2. The molecular formula is C11H15N3O2S. The zero-order valence-electron chi connectivity index (χ0n) is 9.37. The van der Waals surface area contributed by atoms with E-state index in [1.54, 1.807) is 12.3 Å². The Bertz CT molecular complexity index is 395. The first-order valence-corrected chi connectivity index (χ1v) is 6.69. The van der Waals surface area contributed by atoms with E-state index >= 15 is 0 Å². The Hall–Kier alpha value is -1.14. The lowest BCUT2D eigenvalue weighted by atomic mass is 10.0. The predicted molar refractivity (Wildman–Crippen MR) is 65.0 cm³/mol. The van der Waals surface area contributed by atoms with Gasteiger partial charge in [-0.05, 0) is 43.3 Å². The number of aliphatic hydroxyl groups excluding tert-OH is 1. The smallest absolute Gasteiger partial charge is 0.323 e. The van der Waals surface area contributed by atoms with Crippen molar-refractivity contribution < 1.29 is 9.90 Å². The minimum Gasteiger partial charge on any atom is -0.393 e. The molecule has 1 unspecified atom stereocenters. The third-order valence-electron chi connectivity index (χ3n) is 3.61. The van der Waals surface area contributed by atoms with Crippen LogP contribution in [0, 0.1) is 0 Å². The second-order valence-electron chi connectivity index (χ2n) is 4.72. The van der Waals surface area contributed by atoms with Gasteiger partial charge in [0.05, 0.1) is 6.10 Å². The monoisotopic (exact) mass is 253 g/mol. The van der Waals surface area contributed by atoms with Crippen molar-refractivity contribution in [1.29, 1.82) is 0 Å². The van der Waals surface area contributed by atoms with Crippen LogP contribution in [0.25, 0.3) is 0 Å². The Morgan fingerprint density at radius 3 is 2.76 bits per heavy atom. The second kappa shape index (κ2) is 4.27. The predicted octanol–water partition coefficient (Wildman–Crippen LogP) is 1.66. The number of nitrogens with zero attached hydrogens (tertiary/aromatic N) is 2. The van der Waals surface area contributed by atoms with Gasteiger partial charge in [0.2, 0.25) is 0 Å². The minimum atomic E-state index is -0.236.